The molecule has 2 aliphatic heterocycles. The van der Waals surface area contributed by atoms with Crippen LogP contribution in [0, 0.1) is 0 Å². The molecule has 2 aromatic heterocycles. The Labute approximate surface area is 244 Å². The van der Waals surface area contributed by atoms with Crippen LogP contribution in [0.3, 0.4) is 0 Å². The SMILES string of the molecule is COc1ccc2c(c1)C=C(c1c(C=O)cnn1C1CCOCC1)Cn1c-2c(C2CCCCC2)c2ccc(C(=O)O)cc21. The molecule has 1 aliphatic carbocycles. The van der Waals surface area contributed by atoms with Gasteiger partial charge in [0.2, 0.25) is 0 Å². The van der Waals surface area contributed by atoms with Crippen LogP contribution in [-0.4, -0.2) is 52.0 Å². The van der Waals surface area contributed by atoms with Crippen molar-refractivity contribution in [1.82, 2.24) is 14.3 Å². The molecule has 1 saturated carbocycles. The molecule has 0 atom stereocenters. The molecule has 0 spiro atoms. The number of carbonyl (C=O) groups is 2. The number of allylic oxidation sites excluding steroid dienone is 1. The maximum absolute atomic E-state index is 12.4. The van der Waals surface area contributed by atoms with Crippen molar-refractivity contribution in [3.05, 3.63) is 70.5 Å². The van der Waals surface area contributed by atoms with Gasteiger partial charge in [-0.15, -0.1) is 0 Å². The van der Waals surface area contributed by atoms with E-state index in [0.29, 0.717) is 31.2 Å². The van der Waals surface area contributed by atoms with E-state index >= 15 is 0 Å². The van der Waals surface area contributed by atoms with Crippen molar-refractivity contribution in [2.45, 2.75) is 63.5 Å². The van der Waals surface area contributed by atoms with Crippen molar-refractivity contribution in [3.63, 3.8) is 0 Å². The molecule has 3 aliphatic rings. The van der Waals surface area contributed by atoms with Crippen LogP contribution in [0.1, 0.15) is 94.4 Å². The summed E-state index contributed by atoms with van der Waals surface area (Å²) in [5.41, 5.74) is 8.03. The van der Waals surface area contributed by atoms with Crippen LogP contribution in [-0.2, 0) is 11.3 Å². The largest absolute Gasteiger partial charge is 0.497 e. The van der Waals surface area contributed by atoms with E-state index in [0.717, 1.165) is 76.7 Å². The lowest BCUT2D eigenvalue weighted by Crippen LogP contribution is -2.22. The zero-order valence-electron chi connectivity index (χ0n) is 23.8. The van der Waals surface area contributed by atoms with Crippen LogP contribution in [0.25, 0.3) is 33.8 Å². The maximum atomic E-state index is 12.4. The third kappa shape index (κ3) is 4.45. The van der Waals surface area contributed by atoms with Crippen molar-refractivity contribution < 1.29 is 24.2 Å². The summed E-state index contributed by atoms with van der Waals surface area (Å²) in [6.07, 6.45) is 12.2. The van der Waals surface area contributed by atoms with Crippen LogP contribution >= 0.6 is 0 Å². The number of rotatable bonds is 6. The summed E-state index contributed by atoms with van der Waals surface area (Å²) >= 11 is 0. The first kappa shape index (κ1) is 26.7. The van der Waals surface area contributed by atoms with Gasteiger partial charge in [0.15, 0.2) is 6.29 Å². The summed E-state index contributed by atoms with van der Waals surface area (Å²) in [6.45, 7) is 1.80. The molecule has 1 N–H and O–H groups in total. The van der Waals surface area contributed by atoms with Gasteiger partial charge in [-0.25, -0.2) is 4.79 Å². The quantitative estimate of drug-likeness (QED) is 0.254. The summed E-state index contributed by atoms with van der Waals surface area (Å²) < 4.78 is 15.6. The van der Waals surface area contributed by atoms with Crippen molar-refractivity contribution in [1.29, 1.82) is 0 Å². The van der Waals surface area contributed by atoms with Gasteiger partial charge < -0.3 is 19.1 Å². The molecule has 0 unspecified atom stereocenters. The van der Waals surface area contributed by atoms with E-state index in [1.807, 2.05) is 22.9 Å². The Morgan fingerprint density at radius 1 is 1.05 bits per heavy atom. The summed E-state index contributed by atoms with van der Waals surface area (Å²) in [5.74, 6) is 0.208. The molecule has 0 bridgehead atoms. The molecule has 2 fully saturated rings. The molecule has 0 amide bonds. The van der Waals surface area contributed by atoms with Gasteiger partial charge in [-0.2, -0.15) is 5.10 Å². The molecule has 0 radical (unpaired) electrons. The minimum Gasteiger partial charge on any atom is -0.497 e. The number of carboxylic acids is 1. The minimum absolute atomic E-state index is 0.133. The van der Waals surface area contributed by atoms with Gasteiger partial charge in [-0.1, -0.05) is 25.3 Å². The highest BCUT2D eigenvalue weighted by atomic mass is 16.5. The van der Waals surface area contributed by atoms with E-state index in [1.165, 1.54) is 24.8 Å². The lowest BCUT2D eigenvalue weighted by atomic mass is 9.81. The first-order chi connectivity index (χ1) is 20.6. The number of aromatic nitrogens is 3. The fourth-order valence-electron chi connectivity index (χ4n) is 7.32. The molecule has 42 heavy (non-hydrogen) atoms. The normalized spacial score (nSPS) is 17.8. The Hall–Kier alpha value is -4.17. The second-order valence-electron chi connectivity index (χ2n) is 11.7. The minimum atomic E-state index is -0.943. The number of hydrogen-bond acceptors (Lipinski definition) is 5. The number of hydrogen-bond donors (Lipinski definition) is 1. The number of carboxylic acid groups (broad SMARTS) is 1. The fourth-order valence-corrected chi connectivity index (χ4v) is 7.32. The predicted octanol–water partition coefficient (Wildman–Crippen LogP) is 6.98. The average molecular weight is 566 g/mol. The highest BCUT2D eigenvalue weighted by Crippen LogP contribution is 2.48. The van der Waals surface area contributed by atoms with Crippen LogP contribution in [0.15, 0.2) is 42.6 Å². The first-order valence-electron chi connectivity index (χ1n) is 15.0. The van der Waals surface area contributed by atoms with Crippen molar-refractivity contribution in [2.24, 2.45) is 0 Å². The fraction of sp³-hybridized carbons (Fsp3) is 0.382. The third-order valence-corrected chi connectivity index (χ3v) is 9.33. The van der Waals surface area contributed by atoms with Gasteiger partial charge in [0.05, 0.1) is 48.4 Å². The number of methoxy groups -OCH3 is 1. The molecular weight excluding hydrogens is 530 g/mol. The molecule has 1 saturated heterocycles. The number of nitrogens with zero attached hydrogens (tertiary/aromatic N) is 3. The van der Waals surface area contributed by atoms with E-state index < -0.39 is 5.97 Å². The van der Waals surface area contributed by atoms with Gasteiger partial charge in [0, 0.05) is 29.7 Å². The van der Waals surface area contributed by atoms with E-state index in [-0.39, 0.29) is 11.6 Å². The monoisotopic (exact) mass is 565 g/mol. The predicted molar refractivity (Wildman–Crippen MR) is 161 cm³/mol. The second-order valence-corrected chi connectivity index (χ2v) is 11.7. The summed E-state index contributed by atoms with van der Waals surface area (Å²) in [4.78, 5) is 24.5. The first-order valence-corrected chi connectivity index (χ1v) is 15.0. The number of aldehydes is 1. The van der Waals surface area contributed by atoms with E-state index in [9.17, 15) is 14.7 Å². The van der Waals surface area contributed by atoms with Gasteiger partial charge >= 0.3 is 5.97 Å². The Morgan fingerprint density at radius 2 is 1.86 bits per heavy atom. The Balaban J connectivity index is 1.52. The van der Waals surface area contributed by atoms with Gasteiger partial charge in [0.25, 0.3) is 0 Å². The van der Waals surface area contributed by atoms with Gasteiger partial charge in [-0.05, 0) is 84.7 Å². The molecule has 2 aromatic carbocycles. The van der Waals surface area contributed by atoms with Crippen molar-refractivity contribution in [3.8, 4) is 17.0 Å². The molecule has 7 rings (SSSR count). The number of ether oxygens (including phenoxy) is 2. The second kappa shape index (κ2) is 10.9. The highest BCUT2D eigenvalue weighted by Gasteiger charge is 2.31. The smallest absolute Gasteiger partial charge is 0.335 e. The van der Waals surface area contributed by atoms with Gasteiger partial charge in [-0.3, -0.25) is 9.48 Å². The molecule has 216 valence electrons. The van der Waals surface area contributed by atoms with Crippen LogP contribution in [0.5, 0.6) is 5.75 Å². The number of aromatic carboxylic acids is 1. The standard InChI is InChI=1S/C34H35N3O5/c1-41-27-8-10-28-23(16-27)15-24(32-25(20-38)18-35-37(32)26-11-13-42-14-12-26)19-36-30-17-22(34(39)40)7-9-29(30)31(33(28)36)21-5-3-2-4-6-21/h7-10,15-18,20-21,26H,2-6,11-14,19H2,1H3,(H,39,40). The van der Waals surface area contributed by atoms with Crippen LogP contribution < -0.4 is 4.74 Å². The molecule has 4 aromatic rings. The number of fused-ring (bicyclic) bond motifs is 5. The summed E-state index contributed by atoms with van der Waals surface area (Å²) in [6, 6.07) is 11.9. The van der Waals surface area contributed by atoms with Crippen LogP contribution in [0.4, 0.5) is 0 Å². The Bertz CT molecular complexity index is 1720. The van der Waals surface area contributed by atoms with Gasteiger partial charge in [0.1, 0.15) is 5.75 Å². The topological polar surface area (TPSA) is 95.6 Å². The van der Waals surface area contributed by atoms with E-state index in [4.69, 9.17) is 14.6 Å². The number of benzene rings is 2. The zero-order chi connectivity index (χ0) is 28.8. The zero-order valence-corrected chi connectivity index (χ0v) is 23.8. The summed E-state index contributed by atoms with van der Waals surface area (Å²) in [5, 5.41) is 15.8. The number of carbonyl (C=O) groups excluding carboxylic acids is 1. The Kier molecular flexibility index (Phi) is 6.94. The third-order valence-electron chi connectivity index (χ3n) is 9.33. The molecule has 8 nitrogen and oxygen atoms in total. The van der Waals surface area contributed by atoms with E-state index in [1.54, 1.807) is 19.4 Å². The Morgan fingerprint density at radius 3 is 2.60 bits per heavy atom. The molecule has 4 heterocycles. The van der Waals surface area contributed by atoms with Crippen LogP contribution in [0.2, 0.25) is 0 Å². The van der Waals surface area contributed by atoms with E-state index in [2.05, 4.69) is 22.8 Å². The maximum Gasteiger partial charge on any atom is 0.335 e. The summed E-state index contributed by atoms with van der Waals surface area (Å²) in [7, 11) is 1.67. The lowest BCUT2D eigenvalue weighted by Gasteiger charge is -2.25. The molecule has 8 heteroatoms. The average Bonchev–Trinajstić information content (AvgIpc) is 3.55. The molecular formula is C34H35N3O5. The lowest BCUT2D eigenvalue weighted by molar-refractivity contribution is 0.0659. The van der Waals surface area contributed by atoms with Crippen molar-refractivity contribution in [2.75, 3.05) is 20.3 Å². The van der Waals surface area contributed by atoms with Crippen molar-refractivity contribution >= 4 is 34.8 Å². The highest BCUT2D eigenvalue weighted by molar-refractivity contribution is 6.02.